The summed E-state index contributed by atoms with van der Waals surface area (Å²) in [4.78, 5) is 17.4. The molecule has 176 valence electrons. The minimum absolute atomic E-state index is 0.634. The molecule has 4 aromatic rings. The van der Waals surface area contributed by atoms with E-state index in [0.717, 1.165) is 69.3 Å². The Hall–Kier alpha value is -2.96. The van der Waals surface area contributed by atoms with Crippen LogP contribution in [0.25, 0.3) is 32.1 Å². The van der Waals surface area contributed by atoms with Gasteiger partial charge in [0.15, 0.2) is 6.10 Å². The third-order valence-electron chi connectivity index (χ3n) is 6.43. The van der Waals surface area contributed by atoms with Crippen molar-refractivity contribution < 1.29 is 19.4 Å². The molecule has 1 aliphatic rings. The van der Waals surface area contributed by atoms with Crippen LogP contribution in [-0.4, -0.2) is 28.3 Å². The maximum absolute atomic E-state index is 12.6. The lowest BCUT2D eigenvalue weighted by Crippen LogP contribution is -2.28. The molecule has 0 radical (unpaired) electrons. The van der Waals surface area contributed by atoms with E-state index in [9.17, 15) is 9.90 Å². The summed E-state index contributed by atoms with van der Waals surface area (Å²) in [5, 5.41) is 14.6. The number of hydrogen-bond donors (Lipinski definition) is 1. The standard InChI is InChI=1S/C28H29NO4S/c1-15-21(18-8-9-20-17(13-18)7-6-11-32-20)22(25(27(30)31)33-28(3,4)5)16(2)24-23(15)26-19(14-29-24)10-12-34-26/h8-10,12-14,25H,6-7,11H2,1-5H3,(H,30,31)/t25-/m0/s1. The highest BCUT2D eigenvalue weighted by Gasteiger charge is 2.33. The summed E-state index contributed by atoms with van der Waals surface area (Å²) in [6.07, 6.45) is 2.68. The van der Waals surface area contributed by atoms with Gasteiger partial charge in [-0.25, -0.2) is 4.79 Å². The number of pyridine rings is 1. The number of carboxylic acid groups (broad SMARTS) is 1. The molecule has 0 saturated carbocycles. The van der Waals surface area contributed by atoms with Crippen LogP contribution in [0.4, 0.5) is 0 Å². The second-order valence-corrected chi connectivity index (χ2v) is 10.9. The molecule has 5 nitrogen and oxygen atoms in total. The van der Waals surface area contributed by atoms with Gasteiger partial charge in [0.1, 0.15) is 5.75 Å². The zero-order valence-corrected chi connectivity index (χ0v) is 21.0. The Morgan fingerprint density at radius 1 is 1.21 bits per heavy atom. The van der Waals surface area contributed by atoms with E-state index in [0.29, 0.717) is 5.56 Å². The van der Waals surface area contributed by atoms with Crippen LogP contribution in [0.15, 0.2) is 35.8 Å². The number of nitrogens with zero attached hydrogens (tertiary/aromatic N) is 1. The fourth-order valence-corrected chi connectivity index (χ4v) is 5.98. The van der Waals surface area contributed by atoms with Crippen LogP contribution in [0.2, 0.25) is 0 Å². The van der Waals surface area contributed by atoms with Crippen molar-refractivity contribution in [2.24, 2.45) is 0 Å². The summed E-state index contributed by atoms with van der Waals surface area (Å²) in [7, 11) is 0. The summed E-state index contributed by atoms with van der Waals surface area (Å²) in [6.45, 7) is 10.4. The number of aryl methyl sites for hydroxylation is 3. The third-order valence-corrected chi connectivity index (χ3v) is 7.37. The molecule has 6 heteroatoms. The average molecular weight is 476 g/mol. The van der Waals surface area contributed by atoms with Crippen LogP contribution in [0.1, 0.15) is 55.5 Å². The number of ether oxygens (including phenoxy) is 2. The molecule has 1 N–H and O–H groups in total. The van der Waals surface area contributed by atoms with Gasteiger partial charge < -0.3 is 14.6 Å². The second kappa shape index (κ2) is 8.36. The van der Waals surface area contributed by atoms with Gasteiger partial charge in [0.25, 0.3) is 0 Å². The Labute approximate surface area is 203 Å². The summed E-state index contributed by atoms with van der Waals surface area (Å²) >= 11 is 1.69. The summed E-state index contributed by atoms with van der Waals surface area (Å²) in [5.74, 6) is -0.0914. The molecule has 0 spiro atoms. The molecule has 5 rings (SSSR count). The minimum atomic E-state index is -1.12. The normalized spacial score (nSPS) is 14.7. The van der Waals surface area contributed by atoms with Crippen molar-refractivity contribution >= 4 is 38.3 Å². The maximum atomic E-state index is 12.6. The summed E-state index contributed by atoms with van der Waals surface area (Å²) in [6, 6.07) is 8.29. The molecule has 34 heavy (non-hydrogen) atoms. The number of aliphatic carboxylic acids is 1. The minimum Gasteiger partial charge on any atom is -0.493 e. The predicted molar refractivity (Wildman–Crippen MR) is 137 cm³/mol. The van der Waals surface area contributed by atoms with Crippen molar-refractivity contribution in [3.05, 3.63) is 58.1 Å². The van der Waals surface area contributed by atoms with E-state index in [-0.39, 0.29) is 0 Å². The first-order chi connectivity index (χ1) is 16.2. The van der Waals surface area contributed by atoms with Gasteiger partial charge in [-0.2, -0.15) is 0 Å². The molecule has 2 aromatic heterocycles. The fourth-order valence-electron chi connectivity index (χ4n) is 5.01. The SMILES string of the molecule is Cc1c([C@H](OC(C)(C)C)C(=O)O)c(-c2ccc3c(c2)CCCO3)c(C)c2c1ncc1ccsc12. The van der Waals surface area contributed by atoms with Gasteiger partial charge in [0, 0.05) is 27.2 Å². The molecule has 3 heterocycles. The molecule has 0 saturated heterocycles. The summed E-state index contributed by atoms with van der Waals surface area (Å²) in [5.41, 5.74) is 5.79. The predicted octanol–water partition coefficient (Wildman–Crippen LogP) is 7.00. The summed E-state index contributed by atoms with van der Waals surface area (Å²) < 4.78 is 13.2. The Kier molecular flexibility index (Phi) is 5.61. The number of rotatable bonds is 4. The van der Waals surface area contributed by atoms with Crippen molar-refractivity contribution in [1.82, 2.24) is 4.98 Å². The largest absolute Gasteiger partial charge is 0.493 e. The van der Waals surface area contributed by atoms with Gasteiger partial charge in [0.05, 0.1) is 17.7 Å². The Morgan fingerprint density at radius 3 is 2.74 bits per heavy atom. The fraction of sp³-hybridized carbons (Fsp3) is 0.357. The van der Waals surface area contributed by atoms with Gasteiger partial charge in [-0.15, -0.1) is 11.3 Å². The van der Waals surface area contributed by atoms with E-state index in [1.54, 1.807) is 11.3 Å². The number of aromatic nitrogens is 1. The molecule has 2 aromatic carbocycles. The van der Waals surface area contributed by atoms with Crippen molar-refractivity contribution in [3.8, 4) is 16.9 Å². The van der Waals surface area contributed by atoms with E-state index in [1.165, 1.54) is 4.70 Å². The lowest BCUT2D eigenvalue weighted by atomic mass is 9.84. The van der Waals surface area contributed by atoms with Gasteiger partial charge in [-0.05, 0) is 98.9 Å². The number of hydrogen-bond acceptors (Lipinski definition) is 5. The Morgan fingerprint density at radius 2 is 2.00 bits per heavy atom. The molecule has 0 unspecified atom stereocenters. The van der Waals surface area contributed by atoms with Crippen LogP contribution in [0.5, 0.6) is 5.75 Å². The Balaban J connectivity index is 1.88. The zero-order valence-electron chi connectivity index (χ0n) is 20.2. The van der Waals surface area contributed by atoms with Crippen LogP contribution >= 0.6 is 11.3 Å². The number of fused-ring (bicyclic) bond motifs is 4. The highest BCUT2D eigenvalue weighted by atomic mass is 32.1. The van der Waals surface area contributed by atoms with Crippen molar-refractivity contribution in [2.45, 2.75) is 59.2 Å². The van der Waals surface area contributed by atoms with Crippen molar-refractivity contribution in [2.75, 3.05) is 6.61 Å². The monoisotopic (exact) mass is 475 g/mol. The topological polar surface area (TPSA) is 68.7 Å². The number of benzene rings is 2. The average Bonchev–Trinajstić information content (AvgIpc) is 3.27. The van der Waals surface area contributed by atoms with Crippen LogP contribution in [-0.2, 0) is 16.0 Å². The van der Waals surface area contributed by atoms with Crippen molar-refractivity contribution in [3.63, 3.8) is 0 Å². The highest BCUT2D eigenvalue weighted by molar-refractivity contribution is 7.18. The van der Waals surface area contributed by atoms with E-state index < -0.39 is 17.7 Å². The third kappa shape index (κ3) is 3.85. The van der Waals surface area contributed by atoms with Gasteiger partial charge in [-0.3, -0.25) is 4.98 Å². The molecule has 0 bridgehead atoms. The van der Waals surface area contributed by atoms with E-state index in [2.05, 4.69) is 24.4 Å². The number of carboxylic acids is 1. The molecule has 1 aliphatic heterocycles. The first kappa shape index (κ1) is 22.8. The molecular formula is C28H29NO4S. The molecule has 1 atom stereocenters. The quantitative estimate of drug-likeness (QED) is 0.344. The molecule has 0 aliphatic carbocycles. The molecule has 0 fully saturated rings. The first-order valence-electron chi connectivity index (χ1n) is 11.6. The van der Waals surface area contributed by atoms with Crippen LogP contribution < -0.4 is 4.74 Å². The second-order valence-electron chi connectivity index (χ2n) is 9.95. The van der Waals surface area contributed by atoms with Crippen LogP contribution in [0.3, 0.4) is 0 Å². The maximum Gasteiger partial charge on any atom is 0.337 e. The Bertz CT molecular complexity index is 1430. The number of carbonyl (C=O) groups is 1. The van der Waals surface area contributed by atoms with E-state index in [4.69, 9.17) is 14.5 Å². The van der Waals surface area contributed by atoms with E-state index >= 15 is 0 Å². The van der Waals surface area contributed by atoms with E-state index in [1.807, 2.05) is 46.0 Å². The van der Waals surface area contributed by atoms with Crippen LogP contribution in [0, 0.1) is 13.8 Å². The molecule has 0 amide bonds. The molecular weight excluding hydrogens is 446 g/mol. The first-order valence-corrected chi connectivity index (χ1v) is 12.5. The van der Waals surface area contributed by atoms with Gasteiger partial charge in [0.2, 0.25) is 0 Å². The van der Waals surface area contributed by atoms with Gasteiger partial charge in [-0.1, -0.05) is 6.07 Å². The number of thiophene rings is 1. The van der Waals surface area contributed by atoms with Gasteiger partial charge >= 0.3 is 5.97 Å². The zero-order chi connectivity index (χ0) is 24.2. The lowest BCUT2D eigenvalue weighted by Gasteiger charge is -2.29. The lowest BCUT2D eigenvalue weighted by molar-refractivity contribution is -0.160. The highest BCUT2D eigenvalue weighted by Crippen LogP contribution is 2.45. The van der Waals surface area contributed by atoms with Crippen molar-refractivity contribution in [1.29, 1.82) is 0 Å². The smallest absolute Gasteiger partial charge is 0.337 e.